The minimum absolute atomic E-state index is 0.174. The van der Waals surface area contributed by atoms with Crippen LogP contribution in [0.25, 0.3) is 0 Å². The van der Waals surface area contributed by atoms with Gasteiger partial charge in [-0.3, -0.25) is 0 Å². The summed E-state index contributed by atoms with van der Waals surface area (Å²) in [6.45, 7) is 0.174. The number of hydrogen-bond acceptors (Lipinski definition) is 2. The van der Waals surface area contributed by atoms with Gasteiger partial charge >= 0.3 is 6.18 Å². The first kappa shape index (κ1) is 13.3. The molecule has 1 aromatic carbocycles. The first-order valence-corrected chi connectivity index (χ1v) is 5.47. The molecule has 0 bridgehead atoms. The van der Waals surface area contributed by atoms with Gasteiger partial charge in [0.1, 0.15) is 0 Å². The van der Waals surface area contributed by atoms with Crippen LogP contribution in [0.4, 0.5) is 23.2 Å². The molecule has 0 radical (unpaired) electrons. The quantitative estimate of drug-likeness (QED) is 0.677. The Morgan fingerprint density at radius 1 is 1.11 bits per heavy atom. The average Bonchev–Trinajstić information content (AvgIpc) is 2.36. The summed E-state index contributed by atoms with van der Waals surface area (Å²) in [6, 6.07) is 7.69. The third-order valence-electron chi connectivity index (χ3n) is 2.48. The van der Waals surface area contributed by atoms with E-state index in [9.17, 15) is 17.6 Å². The molecule has 19 heavy (non-hydrogen) atoms. The molecule has 1 heterocycles. The van der Waals surface area contributed by atoms with Gasteiger partial charge in [-0.15, -0.1) is 0 Å². The van der Waals surface area contributed by atoms with Crippen LogP contribution in [0.15, 0.2) is 42.6 Å². The monoisotopic (exact) mass is 270 g/mol. The molecule has 6 heteroatoms. The third kappa shape index (κ3) is 3.67. The lowest BCUT2D eigenvalue weighted by Gasteiger charge is -2.10. The minimum atomic E-state index is -4.36. The average molecular weight is 270 g/mol. The van der Waals surface area contributed by atoms with E-state index in [2.05, 4.69) is 10.3 Å². The zero-order valence-corrected chi connectivity index (χ0v) is 9.71. The molecule has 0 amide bonds. The molecular formula is C13H10F4N2. The maximum Gasteiger partial charge on any atom is 0.416 e. The summed E-state index contributed by atoms with van der Waals surface area (Å²) in [5.74, 6) is -0.644. The summed E-state index contributed by atoms with van der Waals surface area (Å²) < 4.78 is 50.3. The highest BCUT2D eigenvalue weighted by molar-refractivity contribution is 5.42. The Bertz CT molecular complexity index is 567. The van der Waals surface area contributed by atoms with Gasteiger partial charge in [0.15, 0.2) is 0 Å². The van der Waals surface area contributed by atoms with E-state index in [-0.39, 0.29) is 6.54 Å². The molecular weight excluding hydrogens is 260 g/mol. The van der Waals surface area contributed by atoms with E-state index in [4.69, 9.17) is 0 Å². The molecule has 0 aliphatic heterocycles. The second-order valence-electron chi connectivity index (χ2n) is 3.92. The van der Waals surface area contributed by atoms with Crippen molar-refractivity contribution in [2.75, 3.05) is 5.32 Å². The van der Waals surface area contributed by atoms with Gasteiger partial charge < -0.3 is 5.32 Å². The van der Waals surface area contributed by atoms with Crippen LogP contribution in [0.2, 0.25) is 0 Å². The van der Waals surface area contributed by atoms with Crippen molar-refractivity contribution >= 4 is 5.69 Å². The van der Waals surface area contributed by atoms with Crippen LogP contribution in [-0.4, -0.2) is 4.98 Å². The maximum atomic E-state index is 12.8. The second-order valence-corrected chi connectivity index (χ2v) is 3.92. The fourth-order valence-corrected chi connectivity index (χ4v) is 1.57. The summed E-state index contributed by atoms with van der Waals surface area (Å²) in [5, 5.41) is 2.83. The molecule has 0 unspecified atom stereocenters. The predicted molar refractivity (Wildman–Crippen MR) is 63.0 cm³/mol. The lowest BCUT2D eigenvalue weighted by molar-refractivity contribution is -0.137. The lowest BCUT2D eigenvalue weighted by atomic mass is 10.1. The molecule has 0 aliphatic rings. The van der Waals surface area contributed by atoms with Crippen molar-refractivity contribution < 1.29 is 17.6 Å². The zero-order chi connectivity index (χ0) is 13.9. The van der Waals surface area contributed by atoms with Crippen molar-refractivity contribution in [3.8, 4) is 0 Å². The standard InChI is InChI=1S/C13H10F4N2/c14-12-7-11(4-5-18-12)19-8-9-2-1-3-10(6-9)13(15,16)17/h1-7H,8H2,(H,18,19). The van der Waals surface area contributed by atoms with Crippen LogP contribution < -0.4 is 5.32 Å². The van der Waals surface area contributed by atoms with Crippen molar-refractivity contribution in [1.82, 2.24) is 4.98 Å². The van der Waals surface area contributed by atoms with Gasteiger partial charge in [-0.1, -0.05) is 12.1 Å². The van der Waals surface area contributed by atoms with Crippen molar-refractivity contribution in [3.05, 3.63) is 59.7 Å². The topological polar surface area (TPSA) is 24.9 Å². The van der Waals surface area contributed by atoms with E-state index in [1.54, 1.807) is 6.07 Å². The van der Waals surface area contributed by atoms with Gasteiger partial charge in [-0.2, -0.15) is 17.6 Å². The first-order chi connectivity index (χ1) is 8.95. The highest BCUT2D eigenvalue weighted by atomic mass is 19.4. The van der Waals surface area contributed by atoms with Crippen LogP contribution in [-0.2, 0) is 12.7 Å². The smallest absolute Gasteiger partial charge is 0.381 e. The molecule has 0 spiro atoms. The Kier molecular flexibility index (Phi) is 3.69. The van der Waals surface area contributed by atoms with E-state index in [0.29, 0.717) is 11.3 Å². The minimum Gasteiger partial charge on any atom is -0.381 e. The number of nitrogens with one attached hydrogen (secondary N) is 1. The zero-order valence-electron chi connectivity index (χ0n) is 9.71. The van der Waals surface area contributed by atoms with Gasteiger partial charge in [0.2, 0.25) is 5.95 Å². The van der Waals surface area contributed by atoms with Gasteiger partial charge in [0, 0.05) is 24.5 Å². The Morgan fingerprint density at radius 2 is 1.89 bits per heavy atom. The Labute approximate surface area is 107 Å². The fourth-order valence-electron chi connectivity index (χ4n) is 1.57. The van der Waals surface area contributed by atoms with Crippen LogP contribution in [0.5, 0.6) is 0 Å². The normalized spacial score (nSPS) is 11.4. The first-order valence-electron chi connectivity index (χ1n) is 5.47. The van der Waals surface area contributed by atoms with Gasteiger partial charge in [0.25, 0.3) is 0 Å². The summed E-state index contributed by atoms with van der Waals surface area (Å²) in [4.78, 5) is 3.39. The number of benzene rings is 1. The molecule has 0 atom stereocenters. The van der Waals surface area contributed by atoms with Crippen LogP contribution in [0, 0.1) is 5.95 Å². The summed E-state index contributed by atoms with van der Waals surface area (Å²) in [5.41, 5.74) is 0.227. The molecule has 1 N–H and O–H groups in total. The van der Waals surface area contributed by atoms with Crippen molar-refractivity contribution in [2.45, 2.75) is 12.7 Å². The molecule has 2 nitrogen and oxygen atoms in total. The summed E-state index contributed by atoms with van der Waals surface area (Å²) >= 11 is 0. The van der Waals surface area contributed by atoms with Crippen molar-refractivity contribution in [3.63, 3.8) is 0 Å². The molecule has 2 aromatic rings. The molecule has 0 fully saturated rings. The number of nitrogens with zero attached hydrogens (tertiary/aromatic N) is 1. The molecule has 2 rings (SSSR count). The van der Waals surface area contributed by atoms with E-state index in [1.165, 1.54) is 24.4 Å². The summed E-state index contributed by atoms with van der Waals surface area (Å²) in [7, 11) is 0. The fraction of sp³-hybridized carbons (Fsp3) is 0.154. The van der Waals surface area contributed by atoms with E-state index in [1.807, 2.05) is 0 Å². The number of hydrogen-bond donors (Lipinski definition) is 1. The Balaban J connectivity index is 2.08. The highest BCUT2D eigenvalue weighted by Crippen LogP contribution is 2.29. The third-order valence-corrected chi connectivity index (χ3v) is 2.48. The Morgan fingerprint density at radius 3 is 2.58 bits per heavy atom. The molecule has 1 aromatic heterocycles. The van der Waals surface area contributed by atoms with Crippen LogP contribution in [0.1, 0.15) is 11.1 Å². The molecule has 0 saturated heterocycles. The van der Waals surface area contributed by atoms with E-state index in [0.717, 1.165) is 12.1 Å². The van der Waals surface area contributed by atoms with Gasteiger partial charge in [0.05, 0.1) is 5.56 Å². The number of rotatable bonds is 3. The van der Waals surface area contributed by atoms with Gasteiger partial charge in [-0.05, 0) is 23.8 Å². The maximum absolute atomic E-state index is 12.8. The number of aromatic nitrogens is 1. The number of anilines is 1. The van der Waals surface area contributed by atoms with Crippen LogP contribution >= 0.6 is 0 Å². The lowest BCUT2D eigenvalue weighted by Crippen LogP contribution is -2.07. The second kappa shape index (κ2) is 5.26. The number of halogens is 4. The largest absolute Gasteiger partial charge is 0.416 e. The molecule has 100 valence electrons. The number of alkyl halides is 3. The van der Waals surface area contributed by atoms with Gasteiger partial charge in [-0.25, -0.2) is 4.98 Å². The summed E-state index contributed by atoms with van der Waals surface area (Å²) in [6.07, 6.45) is -3.08. The van der Waals surface area contributed by atoms with Crippen LogP contribution in [0.3, 0.4) is 0 Å². The van der Waals surface area contributed by atoms with E-state index >= 15 is 0 Å². The van der Waals surface area contributed by atoms with E-state index < -0.39 is 17.7 Å². The van der Waals surface area contributed by atoms with Crippen molar-refractivity contribution in [2.24, 2.45) is 0 Å². The van der Waals surface area contributed by atoms with Crippen molar-refractivity contribution in [1.29, 1.82) is 0 Å². The SMILES string of the molecule is Fc1cc(NCc2cccc(C(F)(F)F)c2)ccn1. The number of pyridine rings is 1. The Hall–Kier alpha value is -2.11. The highest BCUT2D eigenvalue weighted by Gasteiger charge is 2.30. The predicted octanol–water partition coefficient (Wildman–Crippen LogP) is 3.85. The molecule has 0 saturated carbocycles. The molecule has 0 aliphatic carbocycles.